The lowest BCUT2D eigenvalue weighted by atomic mass is 10.3. The predicted molar refractivity (Wildman–Crippen MR) is 117 cm³/mol. The molecule has 0 saturated heterocycles. The molecule has 160 valence electrons. The number of carbonyl (C=O) groups is 2. The summed E-state index contributed by atoms with van der Waals surface area (Å²) in [6.45, 7) is 7.08. The summed E-state index contributed by atoms with van der Waals surface area (Å²) in [4.78, 5) is 29.2. The molecule has 1 N–H and O–H groups in total. The second-order valence-corrected chi connectivity index (χ2v) is 7.42. The first kappa shape index (κ1) is 21.5. The van der Waals surface area contributed by atoms with Gasteiger partial charge < -0.3 is 24.4 Å². The molecule has 7 nitrogen and oxygen atoms in total. The van der Waals surface area contributed by atoms with E-state index < -0.39 is 0 Å². The summed E-state index contributed by atoms with van der Waals surface area (Å²) in [7, 11) is 1.97. The summed E-state index contributed by atoms with van der Waals surface area (Å²) < 4.78 is 7.44. The van der Waals surface area contributed by atoms with Gasteiger partial charge in [0.15, 0.2) is 0 Å². The van der Waals surface area contributed by atoms with Gasteiger partial charge in [-0.1, -0.05) is 6.08 Å². The standard InChI is InChI=1S/C23H30N4O3/c1-4-14-26(23(29)24-18-8-12-21(13-9-18)30-5-2)17-22(28)27(19-10-11-19)16-20-7-6-15-25(20)3/h4,6-9,12-13,15,19H,1,5,10-11,14,16-17H2,2-3H3,(H,24,29). The number of hydrogen-bond donors (Lipinski definition) is 1. The lowest BCUT2D eigenvalue weighted by Gasteiger charge is -2.27. The van der Waals surface area contributed by atoms with E-state index in [1.165, 1.54) is 4.90 Å². The Morgan fingerprint density at radius 2 is 2.00 bits per heavy atom. The van der Waals surface area contributed by atoms with Crippen molar-refractivity contribution in [3.8, 4) is 5.75 Å². The first-order valence-corrected chi connectivity index (χ1v) is 10.3. The molecule has 1 saturated carbocycles. The Morgan fingerprint density at radius 1 is 1.27 bits per heavy atom. The van der Waals surface area contributed by atoms with Gasteiger partial charge in [0.25, 0.3) is 0 Å². The van der Waals surface area contributed by atoms with Gasteiger partial charge in [0.2, 0.25) is 5.91 Å². The molecule has 3 rings (SSSR count). The minimum atomic E-state index is -0.331. The number of nitrogens with one attached hydrogen (secondary N) is 1. The summed E-state index contributed by atoms with van der Waals surface area (Å²) in [5.74, 6) is 0.691. The topological polar surface area (TPSA) is 66.8 Å². The van der Waals surface area contributed by atoms with Crippen LogP contribution in [0.3, 0.4) is 0 Å². The zero-order valence-electron chi connectivity index (χ0n) is 17.7. The van der Waals surface area contributed by atoms with Gasteiger partial charge in [-0.2, -0.15) is 0 Å². The number of anilines is 1. The van der Waals surface area contributed by atoms with Crippen molar-refractivity contribution in [2.24, 2.45) is 7.05 Å². The second kappa shape index (κ2) is 10.0. The first-order chi connectivity index (χ1) is 14.5. The molecule has 1 heterocycles. The van der Waals surface area contributed by atoms with E-state index >= 15 is 0 Å². The Morgan fingerprint density at radius 3 is 2.57 bits per heavy atom. The van der Waals surface area contributed by atoms with E-state index in [0.29, 0.717) is 18.8 Å². The van der Waals surface area contributed by atoms with Crippen LogP contribution < -0.4 is 10.1 Å². The molecule has 1 aliphatic rings. The van der Waals surface area contributed by atoms with Gasteiger partial charge in [0.05, 0.1) is 13.2 Å². The highest BCUT2D eigenvalue weighted by Crippen LogP contribution is 2.28. The maximum absolute atomic E-state index is 13.1. The van der Waals surface area contributed by atoms with E-state index in [1.54, 1.807) is 30.3 Å². The lowest BCUT2D eigenvalue weighted by Crippen LogP contribution is -2.45. The molecule has 3 amide bonds. The fourth-order valence-corrected chi connectivity index (χ4v) is 3.28. The molecular weight excluding hydrogens is 380 g/mol. The van der Waals surface area contributed by atoms with Gasteiger partial charge in [-0.3, -0.25) is 4.79 Å². The highest BCUT2D eigenvalue weighted by atomic mass is 16.5. The van der Waals surface area contributed by atoms with Crippen molar-refractivity contribution < 1.29 is 14.3 Å². The molecule has 1 aromatic heterocycles. The van der Waals surface area contributed by atoms with E-state index in [9.17, 15) is 9.59 Å². The Labute approximate surface area is 177 Å². The van der Waals surface area contributed by atoms with Crippen LogP contribution in [0, 0.1) is 0 Å². The van der Waals surface area contributed by atoms with E-state index in [1.807, 2.05) is 41.8 Å². The fourth-order valence-electron chi connectivity index (χ4n) is 3.28. The highest BCUT2D eigenvalue weighted by molar-refractivity contribution is 5.92. The lowest BCUT2D eigenvalue weighted by molar-refractivity contribution is -0.133. The van der Waals surface area contributed by atoms with Crippen LogP contribution in [0.2, 0.25) is 0 Å². The summed E-state index contributed by atoms with van der Waals surface area (Å²) in [5, 5.41) is 2.85. The average molecular weight is 411 g/mol. The van der Waals surface area contributed by atoms with Crippen LogP contribution >= 0.6 is 0 Å². The van der Waals surface area contributed by atoms with Crippen molar-refractivity contribution in [3.05, 3.63) is 60.9 Å². The minimum absolute atomic E-state index is 0.00973. The van der Waals surface area contributed by atoms with Crippen molar-refractivity contribution in [1.29, 1.82) is 0 Å². The molecule has 7 heteroatoms. The van der Waals surface area contributed by atoms with Crippen LogP contribution in [-0.4, -0.2) is 52.0 Å². The monoisotopic (exact) mass is 410 g/mol. The summed E-state index contributed by atoms with van der Waals surface area (Å²) >= 11 is 0. The predicted octanol–water partition coefficient (Wildman–Crippen LogP) is 3.63. The number of nitrogens with zero attached hydrogens (tertiary/aromatic N) is 3. The van der Waals surface area contributed by atoms with Crippen LogP contribution in [-0.2, 0) is 18.4 Å². The molecule has 0 bridgehead atoms. The molecule has 1 fully saturated rings. The van der Waals surface area contributed by atoms with E-state index in [0.717, 1.165) is 24.3 Å². The third-order valence-corrected chi connectivity index (χ3v) is 5.07. The van der Waals surface area contributed by atoms with Crippen LogP contribution in [0.5, 0.6) is 5.75 Å². The maximum atomic E-state index is 13.1. The second-order valence-electron chi connectivity index (χ2n) is 7.42. The SMILES string of the molecule is C=CCN(CC(=O)N(Cc1cccn1C)C1CC1)C(=O)Nc1ccc(OCC)cc1. The normalized spacial score (nSPS) is 12.9. The third-order valence-electron chi connectivity index (χ3n) is 5.07. The number of benzene rings is 1. The minimum Gasteiger partial charge on any atom is -0.494 e. The van der Waals surface area contributed by atoms with Gasteiger partial charge in [0, 0.05) is 37.2 Å². The highest BCUT2D eigenvalue weighted by Gasteiger charge is 2.34. The zero-order valence-corrected chi connectivity index (χ0v) is 17.7. The van der Waals surface area contributed by atoms with Crippen molar-refractivity contribution in [1.82, 2.24) is 14.4 Å². The van der Waals surface area contributed by atoms with Gasteiger partial charge in [0.1, 0.15) is 12.3 Å². The molecule has 30 heavy (non-hydrogen) atoms. The first-order valence-electron chi connectivity index (χ1n) is 10.3. The molecule has 0 atom stereocenters. The van der Waals surface area contributed by atoms with Gasteiger partial charge in [-0.05, 0) is 56.2 Å². The fraction of sp³-hybridized carbons (Fsp3) is 0.391. The number of aromatic nitrogens is 1. The van der Waals surface area contributed by atoms with Crippen molar-refractivity contribution >= 4 is 17.6 Å². The Bertz CT molecular complexity index is 871. The number of carbonyl (C=O) groups excluding carboxylic acids is 2. The maximum Gasteiger partial charge on any atom is 0.322 e. The van der Waals surface area contributed by atoms with Crippen molar-refractivity contribution in [2.45, 2.75) is 32.4 Å². The largest absolute Gasteiger partial charge is 0.494 e. The molecule has 1 aliphatic carbocycles. The number of amides is 3. The van der Waals surface area contributed by atoms with Gasteiger partial charge >= 0.3 is 6.03 Å². The summed E-state index contributed by atoms with van der Waals surface area (Å²) in [5.41, 5.74) is 1.72. The summed E-state index contributed by atoms with van der Waals surface area (Å²) in [6, 6.07) is 11.1. The Hall–Kier alpha value is -3.22. The van der Waals surface area contributed by atoms with Gasteiger partial charge in [-0.15, -0.1) is 6.58 Å². The quantitative estimate of drug-likeness (QED) is 0.608. The van der Waals surface area contributed by atoms with E-state index in [2.05, 4.69) is 11.9 Å². The average Bonchev–Trinajstić information content (AvgIpc) is 3.49. The number of urea groups is 1. The van der Waals surface area contributed by atoms with Crippen molar-refractivity contribution in [3.63, 3.8) is 0 Å². The van der Waals surface area contributed by atoms with Gasteiger partial charge in [-0.25, -0.2) is 4.79 Å². The Balaban J connectivity index is 1.64. The van der Waals surface area contributed by atoms with E-state index in [-0.39, 0.29) is 31.1 Å². The molecule has 0 unspecified atom stereocenters. The van der Waals surface area contributed by atoms with Crippen LogP contribution in [0.15, 0.2) is 55.3 Å². The number of rotatable bonds is 10. The molecule has 0 aliphatic heterocycles. The van der Waals surface area contributed by atoms with Crippen LogP contribution in [0.4, 0.5) is 10.5 Å². The number of hydrogen-bond acceptors (Lipinski definition) is 3. The molecule has 0 radical (unpaired) electrons. The smallest absolute Gasteiger partial charge is 0.322 e. The molecule has 0 spiro atoms. The van der Waals surface area contributed by atoms with Crippen molar-refractivity contribution in [2.75, 3.05) is 25.0 Å². The molecular formula is C23H30N4O3. The van der Waals surface area contributed by atoms with Crippen LogP contribution in [0.1, 0.15) is 25.5 Å². The molecule has 1 aromatic carbocycles. The third kappa shape index (κ3) is 5.65. The number of aryl methyl sites for hydroxylation is 1. The Kier molecular flexibility index (Phi) is 7.17. The van der Waals surface area contributed by atoms with Crippen LogP contribution in [0.25, 0.3) is 0 Å². The molecule has 2 aromatic rings. The zero-order chi connectivity index (χ0) is 21.5. The van der Waals surface area contributed by atoms with E-state index in [4.69, 9.17) is 4.74 Å². The summed E-state index contributed by atoms with van der Waals surface area (Å²) in [6.07, 6.45) is 5.62. The number of ether oxygens (including phenoxy) is 1.